The number of H-pyrrole nitrogens is 1. The number of hydrogen-bond acceptors (Lipinski definition) is 4. The Morgan fingerprint density at radius 2 is 1.85 bits per heavy atom. The van der Waals surface area contributed by atoms with Crippen LogP contribution in [0.4, 0.5) is 29.3 Å². The van der Waals surface area contributed by atoms with Crippen LogP contribution in [0.5, 0.6) is 11.5 Å². The van der Waals surface area contributed by atoms with Crippen LogP contribution in [0.15, 0.2) is 67.0 Å². The summed E-state index contributed by atoms with van der Waals surface area (Å²) in [6.07, 6.45) is -1.21. The second-order valence-corrected chi connectivity index (χ2v) is 7.78. The van der Waals surface area contributed by atoms with Crippen molar-refractivity contribution in [1.82, 2.24) is 9.97 Å². The number of amides is 3. The third-order valence-electron chi connectivity index (χ3n) is 5.47. The van der Waals surface area contributed by atoms with Crippen molar-refractivity contribution >= 4 is 34.3 Å². The van der Waals surface area contributed by atoms with Crippen LogP contribution in [-0.4, -0.2) is 28.5 Å². The number of halogens is 3. The van der Waals surface area contributed by atoms with Crippen molar-refractivity contribution in [3.8, 4) is 11.5 Å². The lowest BCUT2D eigenvalue weighted by atomic mass is 10.2. The lowest BCUT2D eigenvalue weighted by Gasteiger charge is -2.19. The Hall–Kier alpha value is -4.34. The normalized spacial score (nSPS) is 14.4. The van der Waals surface area contributed by atoms with E-state index in [4.69, 9.17) is 4.74 Å². The number of alkyl halides is 3. The molecule has 0 saturated carbocycles. The predicted octanol–water partition coefficient (Wildman–Crippen LogP) is 5.66. The summed E-state index contributed by atoms with van der Waals surface area (Å²) in [7, 11) is 0. The summed E-state index contributed by atoms with van der Waals surface area (Å²) >= 11 is 0. The average Bonchev–Trinajstić information content (AvgIpc) is 3.38. The van der Waals surface area contributed by atoms with Crippen molar-refractivity contribution in [2.75, 3.05) is 16.3 Å². The first kappa shape index (κ1) is 21.5. The van der Waals surface area contributed by atoms with Crippen LogP contribution in [-0.2, 0) is 11.0 Å². The number of urea groups is 1. The molecule has 0 aliphatic carbocycles. The second kappa shape index (κ2) is 7.91. The molecule has 5 rings (SSSR count). The number of aromatic nitrogens is 2. The number of fused-ring (bicyclic) bond motifs is 1. The van der Waals surface area contributed by atoms with Gasteiger partial charge >= 0.3 is 12.2 Å². The Morgan fingerprint density at radius 1 is 1.03 bits per heavy atom. The second-order valence-electron chi connectivity index (χ2n) is 7.78. The maximum Gasteiger partial charge on any atom is 0.416 e. The SMILES string of the molecule is Cc1cc(N2C(=O)CN(c3cccc(C(F)(F)F)c3)C2=O)ccc1Oc1cnc2[nH]ccc2c1. The Bertz CT molecular complexity index is 1430. The first-order valence-electron chi connectivity index (χ1n) is 10.2. The Morgan fingerprint density at radius 3 is 2.62 bits per heavy atom. The topological polar surface area (TPSA) is 78.5 Å². The number of rotatable bonds is 4. The van der Waals surface area contributed by atoms with Crippen molar-refractivity contribution in [3.63, 3.8) is 0 Å². The van der Waals surface area contributed by atoms with Gasteiger partial charge in [0.2, 0.25) is 0 Å². The standard InChI is InChI=1S/C24H17F3N4O3/c1-14-9-18(5-6-20(14)34-19-10-15-7-8-28-22(15)29-12-19)31-21(32)13-30(23(31)33)17-4-2-3-16(11-17)24(25,26)27/h2-12H,13H2,1H3,(H,28,29). The van der Waals surface area contributed by atoms with E-state index in [2.05, 4.69) is 9.97 Å². The van der Waals surface area contributed by atoms with Crippen LogP contribution in [0.3, 0.4) is 0 Å². The molecule has 1 saturated heterocycles. The highest BCUT2D eigenvalue weighted by atomic mass is 19.4. The third-order valence-corrected chi connectivity index (χ3v) is 5.47. The van der Waals surface area contributed by atoms with Crippen molar-refractivity contribution < 1.29 is 27.5 Å². The van der Waals surface area contributed by atoms with Gasteiger partial charge in [-0.25, -0.2) is 14.7 Å². The smallest absolute Gasteiger partial charge is 0.416 e. The Kier molecular flexibility index (Phi) is 5.00. The number of hydrogen-bond donors (Lipinski definition) is 1. The highest BCUT2D eigenvalue weighted by molar-refractivity contribution is 6.27. The molecule has 0 bridgehead atoms. The predicted molar refractivity (Wildman–Crippen MR) is 119 cm³/mol. The van der Waals surface area contributed by atoms with E-state index in [9.17, 15) is 22.8 Å². The highest BCUT2D eigenvalue weighted by Gasteiger charge is 2.39. The highest BCUT2D eigenvalue weighted by Crippen LogP contribution is 2.35. The molecule has 0 unspecified atom stereocenters. The van der Waals surface area contributed by atoms with E-state index >= 15 is 0 Å². The van der Waals surface area contributed by atoms with Crippen LogP contribution < -0.4 is 14.5 Å². The number of ether oxygens (including phenoxy) is 1. The quantitative estimate of drug-likeness (QED) is 0.394. The third kappa shape index (κ3) is 3.83. The van der Waals surface area contributed by atoms with Gasteiger partial charge in [0.25, 0.3) is 5.91 Å². The minimum Gasteiger partial charge on any atom is -0.455 e. The largest absolute Gasteiger partial charge is 0.455 e. The number of aryl methyl sites for hydroxylation is 1. The molecule has 1 aliphatic rings. The molecule has 10 heteroatoms. The number of anilines is 2. The molecule has 7 nitrogen and oxygen atoms in total. The molecule has 0 atom stereocenters. The van der Waals surface area contributed by atoms with Gasteiger partial charge in [-0.05, 0) is 61.0 Å². The van der Waals surface area contributed by atoms with Crippen LogP contribution in [0.2, 0.25) is 0 Å². The fraction of sp³-hybridized carbons (Fsp3) is 0.125. The minimum atomic E-state index is -4.56. The number of nitrogens with zero attached hydrogens (tertiary/aromatic N) is 3. The van der Waals surface area contributed by atoms with Crippen molar-refractivity contribution in [3.05, 3.63) is 78.1 Å². The molecular formula is C24H17F3N4O3. The van der Waals surface area contributed by atoms with Gasteiger partial charge in [0.1, 0.15) is 23.7 Å². The summed E-state index contributed by atoms with van der Waals surface area (Å²) in [5.41, 5.74) is 0.794. The Labute approximate surface area is 191 Å². The first-order valence-corrected chi connectivity index (χ1v) is 10.2. The Balaban J connectivity index is 1.39. The number of imide groups is 1. The zero-order valence-corrected chi connectivity index (χ0v) is 17.8. The van der Waals surface area contributed by atoms with Crippen LogP contribution >= 0.6 is 0 Å². The molecule has 0 radical (unpaired) electrons. The molecule has 34 heavy (non-hydrogen) atoms. The fourth-order valence-electron chi connectivity index (χ4n) is 3.80. The average molecular weight is 466 g/mol. The maximum absolute atomic E-state index is 13.1. The summed E-state index contributed by atoms with van der Waals surface area (Å²) in [4.78, 5) is 34.8. The summed E-state index contributed by atoms with van der Waals surface area (Å²) in [5.74, 6) is 0.485. The number of benzene rings is 2. The van der Waals surface area contributed by atoms with Crippen molar-refractivity contribution in [2.45, 2.75) is 13.1 Å². The number of nitrogens with one attached hydrogen (secondary N) is 1. The van der Waals surface area contributed by atoms with Gasteiger partial charge in [0.15, 0.2) is 0 Å². The first-order chi connectivity index (χ1) is 16.2. The number of pyridine rings is 1. The van der Waals surface area contributed by atoms with Crippen molar-refractivity contribution in [1.29, 1.82) is 0 Å². The zero-order chi connectivity index (χ0) is 24.0. The molecule has 3 amide bonds. The number of carbonyl (C=O) groups excluding carboxylic acids is 2. The number of carbonyl (C=O) groups is 2. The molecule has 2 aromatic heterocycles. The van der Waals surface area contributed by atoms with Gasteiger partial charge in [-0.3, -0.25) is 9.69 Å². The van der Waals surface area contributed by atoms with E-state index < -0.39 is 23.7 Å². The molecule has 172 valence electrons. The fourth-order valence-corrected chi connectivity index (χ4v) is 3.80. The molecular weight excluding hydrogens is 449 g/mol. The van der Waals surface area contributed by atoms with Crippen molar-refractivity contribution in [2.24, 2.45) is 0 Å². The molecule has 4 aromatic rings. The summed E-state index contributed by atoms with van der Waals surface area (Å²) in [6.45, 7) is 1.40. The van der Waals surface area contributed by atoms with Crippen LogP contribution in [0, 0.1) is 6.92 Å². The summed E-state index contributed by atoms with van der Waals surface area (Å²) in [5, 5.41) is 0.884. The van der Waals surface area contributed by atoms with E-state index in [0.29, 0.717) is 22.7 Å². The molecule has 0 spiro atoms. The number of aromatic amines is 1. The molecule has 2 aromatic carbocycles. The lowest BCUT2D eigenvalue weighted by molar-refractivity contribution is -0.137. The van der Waals surface area contributed by atoms with Gasteiger partial charge in [-0.2, -0.15) is 13.2 Å². The van der Waals surface area contributed by atoms with Gasteiger partial charge in [0, 0.05) is 17.3 Å². The van der Waals surface area contributed by atoms with Gasteiger partial charge in [-0.15, -0.1) is 0 Å². The molecule has 3 heterocycles. The monoisotopic (exact) mass is 466 g/mol. The van der Waals surface area contributed by atoms with Crippen LogP contribution in [0.1, 0.15) is 11.1 Å². The summed E-state index contributed by atoms with van der Waals surface area (Å²) < 4.78 is 45.1. The van der Waals surface area contributed by atoms with E-state index in [0.717, 1.165) is 33.0 Å². The minimum absolute atomic E-state index is 0.000000505. The van der Waals surface area contributed by atoms with Crippen LogP contribution in [0.25, 0.3) is 11.0 Å². The van der Waals surface area contributed by atoms with E-state index in [1.54, 1.807) is 37.5 Å². The molecule has 1 aliphatic heterocycles. The molecule has 1 N–H and O–H groups in total. The van der Waals surface area contributed by atoms with Gasteiger partial charge < -0.3 is 9.72 Å². The van der Waals surface area contributed by atoms with E-state index in [1.165, 1.54) is 12.1 Å². The maximum atomic E-state index is 13.1. The van der Waals surface area contributed by atoms with E-state index in [-0.39, 0.29) is 12.2 Å². The van der Waals surface area contributed by atoms with Gasteiger partial charge in [0.05, 0.1) is 17.4 Å². The zero-order valence-electron chi connectivity index (χ0n) is 17.8. The van der Waals surface area contributed by atoms with Gasteiger partial charge in [-0.1, -0.05) is 6.07 Å². The summed E-state index contributed by atoms with van der Waals surface area (Å²) in [6, 6.07) is 12.1. The van der Waals surface area contributed by atoms with E-state index in [1.807, 2.05) is 12.1 Å². The lowest BCUT2D eigenvalue weighted by Crippen LogP contribution is -2.33. The molecule has 1 fully saturated rings.